The molecular weight excluding hydrogens is 259 g/mol. The third-order valence-electron chi connectivity index (χ3n) is 3.13. The summed E-state index contributed by atoms with van der Waals surface area (Å²) in [6, 6.07) is 10.9. The van der Waals surface area contributed by atoms with Gasteiger partial charge in [-0.05, 0) is 48.4 Å². The van der Waals surface area contributed by atoms with Crippen LogP contribution in [0.3, 0.4) is 0 Å². The summed E-state index contributed by atoms with van der Waals surface area (Å²) < 4.78 is 14.4. The molecule has 0 saturated heterocycles. The number of thiazole rings is 1. The average Bonchev–Trinajstić information content (AvgIpc) is 2.87. The van der Waals surface area contributed by atoms with E-state index in [9.17, 15) is 4.39 Å². The molecule has 3 aromatic rings. The summed E-state index contributed by atoms with van der Waals surface area (Å²) in [5.41, 5.74) is 5.95. The minimum Gasteiger partial charge on any atom is -0.381 e. The number of anilines is 1. The fraction of sp³-hybridized carbons (Fsp3) is 0.133. The summed E-state index contributed by atoms with van der Waals surface area (Å²) in [4.78, 5) is 4.24. The van der Waals surface area contributed by atoms with Gasteiger partial charge in [0, 0.05) is 12.2 Å². The number of fused-ring (bicyclic) bond motifs is 1. The summed E-state index contributed by atoms with van der Waals surface area (Å²) in [7, 11) is 0. The van der Waals surface area contributed by atoms with E-state index in [0.29, 0.717) is 6.54 Å². The van der Waals surface area contributed by atoms with E-state index in [1.807, 2.05) is 24.6 Å². The molecule has 1 heterocycles. The van der Waals surface area contributed by atoms with Crippen LogP contribution in [0.5, 0.6) is 0 Å². The molecule has 96 valence electrons. The van der Waals surface area contributed by atoms with Crippen molar-refractivity contribution in [3.05, 3.63) is 58.9 Å². The molecule has 0 spiro atoms. The van der Waals surface area contributed by atoms with Crippen molar-refractivity contribution in [1.29, 1.82) is 0 Å². The molecule has 0 saturated carbocycles. The molecule has 2 nitrogen and oxygen atoms in total. The molecule has 2 aromatic carbocycles. The average molecular weight is 272 g/mol. The van der Waals surface area contributed by atoms with Crippen molar-refractivity contribution < 1.29 is 4.39 Å². The molecule has 0 fully saturated rings. The highest BCUT2D eigenvalue weighted by Crippen LogP contribution is 2.22. The van der Waals surface area contributed by atoms with Gasteiger partial charge < -0.3 is 5.32 Å². The normalized spacial score (nSPS) is 10.8. The highest BCUT2D eigenvalue weighted by molar-refractivity contribution is 7.16. The van der Waals surface area contributed by atoms with Gasteiger partial charge in [0.05, 0.1) is 15.7 Å². The monoisotopic (exact) mass is 272 g/mol. The molecule has 0 bridgehead atoms. The number of nitrogens with one attached hydrogen (secondary N) is 1. The maximum atomic E-state index is 13.2. The molecule has 4 heteroatoms. The first-order valence-electron chi connectivity index (χ1n) is 6.04. The van der Waals surface area contributed by atoms with Gasteiger partial charge in [0.25, 0.3) is 0 Å². The number of rotatable bonds is 3. The first-order valence-corrected chi connectivity index (χ1v) is 6.92. The number of nitrogens with zero attached hydrogens (tertiary/aromatic N) is 1. The lowest BCUT2D eigenvalue weighted by molar-refractivity contribution is 0.625. The summed E-state index contributed by atoms with van der Waals surface area (Å²) in [6.07, 6.45) is 0. The third-order valence-corrected chi connectivity index (χ3v) is 3.92. The number of hydrogen-bond donors (Lipinski definition) is 1. The van der Waals surface area contributed by atoms with Crippen LogP contribution in [0.2, 0.25) is 0 Å². The second-order valence-electron chi connectivity index (χ2n) is 4.46. The number of benzene rings is 2. The zero-order valence-corrected chi connectivity index (χ0v) is 11.3. The minimum absolute atomic E-state index is 0.194. The quantitative estimate of drug-likeness (QED) is 0.766. The van der Waals surface area contributed by atoms with E-state index >= 15 is 0 Å². The highest BCUT2D eigenvalue weighted by atomic mass is 32.1. The summed E-state index contributed by atoms with van der Waals surface area (Å²) in [6.45, 7) is 2.61. The number of hydrogen-bond acceptors (Lipinski definition) is 3. The SMILES string of the molecule is Cc1ccc(F)cc1CNc1ccc2ncsc2c1. The molecule has 0 radical (unpaired) electrons. The zero-order chi connectivity index (χ0) is 13.2. The maximum Gasteiger partial charge on any atom is 0.123 e. The van der Waals surface area contributed by atoms with Gasteiger partial charge in [-0.1, -0.05) is 6.07 Å². The molecule has 3 rings (SSSR count). The van der Waals surface area contributed by atoms with Crippen LogP contribution in [0.1, 0.15) is 11.1 Å². The Kier molecular flexibility index (Phi) is 3.17. The van der Waals surface area contributed by atoms with Gasteiger partial charge in [-0.15, -0.1) is 11.3 Å². The van der Waals surface area contributed by atoms with E-state index in [4.69, 9.17) is 0 Å². The highest BCUT2D eigenvalue weighted by Gasteiger charge is 2.02. The van der Waals surface area contributed by atoms with Gasteiger partial charge in [-0.2, -0.15) is 0 Å². The van der Waals surface area contributed by atoms with Crippen LogP contribution in [-0.2, 0) is 6.54 Å². The first-order chi connectivity index (χ1) is 9.22. The zero-order valence-electron chi connectivity index (χ0n) is 10.5. The van der Waals surface area contributed by atoms with Crippen LogP contribution in [-0.4, -0.2) is 4.98 Å². The molecule has 0 amide bonds. The van der Waals surface area contributed by atoms with Crippen molar-refractivity contribution >= 4 is 27.2 Å². The van der Waals surface area contributed by atoms with Gasteiger partial charge in [-0.3, -0.25) is 0 Å². The molecule has 19 heavy (non-hydrogen) atoms. The standard InChI is InChI=1S/C15H13FN2S/c1-10-2-3-12(16)6-11(10)8-17-13-4-5-14-15(7-13)19-9-18-14/h2-7,9,17H,8H2,1H3. The van der Waals surface area contributed by atoms with Crippen LogP contribution in [0.25, 0.3) is 10.2 Å². The second kappa shape index (κ2) is 4.97. The number of aromatic nitrogens is 1. The Morgan fingerprint density at radius 2 is 2.11 bits per heavy atom. The Morgan fingerprint density at radius 3 is 3.00 bits per heavy atom. The summed E-state index contributed by atoms with van der Waals surface area (Å²) >= 11 is 1.62. The van der Waals surface area contributed by atoms with Gasteiger partial charge >= 0.3 is 0 Å². The molecular formula is C15H13FN2S. The molecule has 0 atom stereocenters. The Labute approximate surface area is 114 Å². The van der Waals surface area contributed by atoms with Crippen LogP contribution in [0, 0.1) is 12.7 Å². The smallest absolute Gasteiger partial charge is 0.123 e. The lowest BCUT2D eigenvalue weighted by Crippen LogP contribution is -2.01. The Hall–Kier alpha value is -1.94. The number of aryl methyl sites for hydroxylation is 1. The van der Waals surface area contributed by atoms with E-state index < -0.39 is 0 Å². The van der Waals surface area contributed by atoms with Crippen LogP contribution < -0.4 is 5.32 Å². The Balaban J connectivity index is 1.79. The molecule has 1 N–H and O–H groups in total. The molecule has 1 aromatic heterocycles. The summed E-state index contributed by atoms with van der Waals surface area (Å²) in [5.74, 6) is -0.194. The summed E-state index contributed by atoms with van der Waals surface area (Å²) in [5, 5.41) is 3.32. The first kappa shape index (κ1) is 12.1. The topological polar surface area (TPSA) is 24.9 Å². The lowest BCUT2D eigenvalue weighted by Gasteiger charge is -2.09. The van der Waals surface area contributed by atoms with Crippen molar-refractivity contribution in [3.63, 3.8) is 0 Å². The molecule has 0 aliphatic heterocycles. The van der Waals surface area contributed by atoms with E-state index in [-0.39, 0.29) is 5.82 Å². The van der Waals surface area contributed by atoms with E-state index in [2.05, 4.69) is 16.4 Å². The molecule has 0 aliphatic rings. The molecule has 0 aliphatic carbocycles. The number of halogens is 1. The second-order valence-corrected chi connectivity index (χ2v) is 5.35. The van der Waals surface area contributed by atoms with Gasteiger partial charge in [0.1, 0.15) is 5.82 Å². The van der Waals surface area contributed by atoms with E-state index in [0.717, 1.165) is 27.0 Å². The lowest BCUT2D eigenvalue weighted by atomic mass is 10.1. The fourth-order valence-corrected chi connectivity index (χ4v) is 2.71. The molecule has 0 unspecified atom stereocenters. The maximum absolute atomic E-state index is 13.2. The predicted octanol–water partition coefficient (Wildman–Crippen LogP) is 4.36. The predicted molar refractivity (Wildman–Crippen MR) is 78.1 cm³/mol. The van der Waals surface area contributed by atoms with Gasteiger partial charge in [-0.25, -0.2) is 9.37 Å². The third kappa shape index (κ3) is 2.58. The van der Waals surface area contributed by atoms with Crippen LogP contribution >= 0.6 is 11.3 Å². The van der Waals surface area contributed by atoms with E-state index in [1.54, 1.807) is 23.5 Å². The van der Waals surface area contributed by atoms with Crippen molar-refractivity contribution in [1.82, 2.24) is 4.98 Å². The Morgan fingerprint density at radius 1 is 1.21 bits per heavy atom. The van der Waals surface area contributed by atoms with Crippen LogP contribution in [0.4, 0.5) is 10.1 Å². The minimum atomic E-state index is -0.194. The van der Waals surface area contributed by atoms with Crippen LogP contribution in [0.15, 0.2) is 41.9 Å². The fourth-order valence-electron chi connectivity index (χ4n) is 1.99. The van der Waals surface area contributed by atoms with Crippen molar-refractivity contribution in [3.8, 4) is 0 Å². The van der Waals surface area contributed by atoms with Crippen molar-refractivity contribution in [2.75, 3.05) is 5.32 Å². The van der Waals surface area contributed by atoms with E-state index in [1.165, 1.54) is 6.07 Å². The van der Waals surface area contributed by atoms with Gasteiger partial charge in [0.2, 0.25) is 0 Å². The largest absolute Gasteiger partial charge is 0.381 e. The van der Waals surface area contributed by atoms with Gasteiger partial charge in [0.15, 0.2) is 0 Å². The van der Waals surface area contributed by atoms with Crippen molar-refractivity contribution in [2.24, 2.45) is 0 Å². The van der Waals surface area contributed by atoms with Crippen molar-refractivity contribution in [2.45, 2.75) is 13.5 Å². The Bertz CT molecular complexity index is 721.